The molecule has 3 rings (SSSR count). The fraction of sp³-hybridized carbons (Fsp3) is 0.391. The average Bonchev–Trinajstić information content (AvgIpc) is 2.69. The molecule has 2 N–H and O–H groups in total. The quantitative estimate of drug-likeness (QED) is 0.715. The van der Waals surface area contributed by atoms with E-state index in [0.717, 1.165) is 34.5 Å². The van der Waals surface area contributed by atoms with Gasteiger partial charge in [-0.2, -0.15) is 0 Å². The number of allylic oxidation sites excluding steroid dienone is 3. The van der Waals surface area contributed by atoms with Crippen LogP contribution in [0.25, 0.3) is 16.6 Å². The first-order valence-corrected chi connectivity index (χ1v) is 9.97. The molecule has 1 aromatic heterocycles. The Labute approximate surface area is 169 Å². The van der Waals surface area contributed by atoms with Crippen LogP contribution < -0.4 is 10.6 Å². The minimum Gasteiger partial charge on any atom is -0.357 e. The Morgan fingerprint density at radius 1 is 1.32 bits per heavy atom. The number of nitrogens with zero attached hydrogens (tertiary/aromatic N) is 3. The van der Waals surface area contributed by atoms with Gasteiger partial charge in [0.1, 0.15) is 0 Å². The summed E-state index contributed by atoms with van der Waals surface area (Å²) in [6.07, 6.45) is 13.6. The van der Waals surface area contributed by atoms with Crippen molar-refractivity contribution in [1.29, 1.82) is 0 Å². The van der Waals surface area contributed by atoms with E-state index in [1.54, 1.807) is 0 Å². The number of nitrogens with one attached hydrogen (secondary N) is 2. The predicted molar refractivity (Wildman–Crippen MR) is 121 cm³/mol. The van der Waals surface area contributed by atoms with Crippen LogP contribution >= 0.6 is 0 Å². The Balaban J connectivity index is 0.000000336. The van der Waals surface area contributed by atoms with Crippen LogP contribution in [0.5, 0.6) is 0 Å². The van der Waals surface area contributed by atoms with E-state index in [1.165, 1.54) is 13.1 Å². The van der Waals surface area contributed by atoms with Gasteiger partial charge in [0.05, 0.1) is 5.52 Å². The van der Waals surface area contributed by atoms with Gasteiger partial charge in [-0.3, -0.25) is 0 Å². The second-order valence-electron chi connectivity index (χ2n) is 6.74. The lowest BCUT2D eigenvalue weighted by molar-refractivity contribution is 0.418. The van der Waals surface area contributed by atoms with Crippen LogP contribution in [0.4, 0.5) is 5.95 Å². The molecule has 0 saturated carbocycles. The third kappa shape index (κ3) is 5.92. The standard InChI is InChI=1S/C17H22N4.C6H11N/c1-5-7-10-21(4)16(6-2)13-8-9-14-12-19-17(18-3)20-15(14)11-13;1-2-3-6-4-7-5-6/h6-12H,5H2,1-4H3,(H,18,19,20);2-3,6-7H,4-5H2,1H3/b10-7+,16-6-;3-2-. The van der Waals surface area contributed by atoms with Gasteiger partial charge in [0.2, 0.25) is 5.95 Å². The Morgan fingerprint density at radius 3 is 2.64 bits per heavy atom. The van der Waals surface area contributed by atoms with Crippen LogP contribution in [-0.2, 0) is 0 Å². The number of rotatable bonds is 6. The molecule has 2 heterocycles. The summed E-state index contributed by atoms with van der Waals surface area (Å²) in [6.45, 7) is 8.62. The predicted octanol–water partition coefficient (Wildman–Crippen LogP) is 4.67. The first-order chi connectivity index (χ1) is 13.6. The molecule has 0 aliphatic carbocycles. The van der Waals surface area contributed by atoms with Crippen molar-refractivity contribution in [2.45, 2.75) is 27.2 Å². The molecule has 28 heavy (non-hydrogen) atoms. The van der Waals surface area contributed by atoms with Crippen LogP contribution in [0.2, 0.25) is 0 Å². The van der Waals surface area contributed by atoms with Gasteiger partial charge in [-0.1, -0.05) is 43.4 Å². The minimum absolute atomic E-state index is 0.640. The van der Waals surface area contributed by atoms with E-state index in [2.05, 4.69) is 102 Å². The molecule has 1 aliphatic rings. The van der Waals surface area contributed by atoms with Crippen LogP contribution in [0, 0.1) is 5.92 Å². The lowest BCUT2D eigenvalue weighted by Gasteiger charge is -2.23. The van der Waals surface area contributed by atoms with Crippen LogP contribution in [0.15, 0.2) is 54.9 Å². The van der Waals surface area contributed by atoms with Gasteiger partial charge >= 0.3 is 0 Å². The molecule has 5 nitrogen and oxygen atoms in total. The van der Waals surface area contributed by atoms with Crippen molar-refractivity contribution in [1.82, 2.24) is 20.2 Å². The van der Waals surface area contributed by atoms with E-state index in [-0.39, 0.29) is 0 Å². The average molecular weight is 380 g/mol. The van der Waals surface area contributed by atoms with Gasteiger partial charge in [-0.25, -0.2) is 9.97 Å². The maximum Gasteiger partial charge on any atom is 0.222 e. The zero-order valence-electron chi connectivity index (χ0n) is 17.7. The van der Waals surface area contributed by atoms with Gasteiger partial charge in [0, 0.05) is 50.4 Å². The number of hydrogen-bond acceptors (Lipinski definition) is 5. The molecule has 0 unspecified atom stereocenters. The highest BCUT2D eigenvalue weighted by Crippen LogP contribution is 2.23. The van der Waals surface area contributed by atoms with Gasteiger partial charge in [-0.05, 0) is 38.1 Å². The van der Waals surface area contributed by atoms with E-state index in [0.29, 0.717) is 5.95 Å². The van der Waals surface area contributed by atoms with E-state index < -0.39 is 0 Å². The van der Waals surface area contributed by atoms with Crippen molar-refractivity contribution in [3.05, 3.63) is 60.5 Å². The molecule has 0 spiro atoms. The fourth-order valence-corrected chi connectivity index (χ4v) is 2.94. The first kappa shape index (κ1) is 21.6. The summed E-state index contributed by atoms with van der Waals surface area (Å²) in [5.74, 6) is 1.48. The number of fused-ring (bicyclic) bond motifs is 1. The van der Waals surface area contributed by atoms with E-state index >= 15 is 0 Å². The highest BCUT2D eigenvalue weighted by molar-refractivity contribution is 5.83. The zero-order chi connectivity index (χ0) is 20.4. The van der Waals surface area contributed by atoms with Gasteiger partial charge in [0.25, 0.3) is 0 Å². The van der Waals surface area contributed by atoms with Crippen LogP contribution in [0.3, 0.4) is 0 Å². The summed E-state index contributed by atoms with van der Waals surface area (Å²) in [5, 5.41) is 7.21. The lowest BCUT2D eigenvalue weighted by Crippen LogP contribution is -2.40. The molecule has 5 heteroatoms. The van der Waals surface area contributed by atoms with Crippen molar-refractivity contribution in [3.8, 4) is 0 Å². The zero-order valence-corrected chi connectivity index (χ0v) is 17.7. The summed E-state index contributed by atoms with van der Waals surface area (Å²) >= 11 is 0. The van der Waals surface area contributed by atoms with Crippen molar-refractivity contribution in [3.63, 3.8) is 0 Å². The number of anilines is 1. The second-order valence-corrected chi connectivity index (χ2v) is 6.74. The molecule has 0 radical (unpaired) electrons. The van der Waals surface area contributed by atoms with Crippen molar-refractivity contribution in [2.75, 3.05) is 32.5 Å². The monoisotopic (exact) mass is 379 g/mol. The van der Waals surface area contributed by atoms with Crippen molar-refractivity contribution < 1.29 is 0 Å². The SMILES string of the molecule is C/C=C(/c1ccc2cnc(NC)nc2c1)N(C)/C=C/CC.C/C=C\C1CNC1. The van der Waals surface area contributed by atoms with Crippen LogP contribution in [0.1, 0.15) is 32.8 Å². The second kappa shape index (κ2) is 11.2. The van der Waals surface area contributed by atoms with E-state index in [4.69, 9.17) is 0 Å². The van der Waals surface area contributed by atoms with Crippen molar-refractivity contribution >= 4 is 22.5 Å². The molecule has 150 valence electrons. The molecule has 2 aromatic rings. The molecular weight excluding hydrogens is 346 g/mol. The third-order valence-electron chi connectivity index (χ3n) is 4.60. The maximum atomic E-state index is 4.51. The Kier molecular flexibility index (Phi) is 8.69. The van der Waals surface area contributed by atoms with Gasteiger partial charge in [-0.15, -0.1) is 0 Å². The lowest BCUT2D eigenvalue weighted by atomic mass is 10.0. The number of benzene rings is 1. The third-order valence-corrected chi connectivity index (χ3v) is 4.60. The Hall–Kier alpha value is -2.66. The fourth-order valence-electron chi connectivity index (χ4n) is 2.94. The molecule has 1 fully saturated rings. The highest BCUT2D eigenvalue weighted by Gasteiger charge is 2.11. The minimum atomic E-state index is 0.640. The van der Waals surface area contributed by atoms with Gasteiger partial charge in [0.15, 0.2) is 0 Å². The summed E-state index contributed by atoms with van der Waals surface area (Å²) in [4.78, 5) is 10.9. The van der Waals surface area contributed by atoms with Crippen molar-refractivity contribution in [2.24, 2.45) is 5.92 Å². The molecule has 1 aliphatic heterocycles. The summed E-state index contributed by atoms with van der Waals surface area (Å²) in [5.41, 5.74) is 3.25. The molecule has 1 aromatic carbocycles. The molecule has 0 amide bonds. The van der Waals surface area contributed by atoms with E-state index in [9.17, 15) is 0 Å². The molecule has 0 atom stereocenters. The number of aromatic nitrogens is 2. The van der Waals surface area contributed by atoms with Crippen LogP contribution in [-0.4, -0.2) is 42.1 Å². The largest absolute Gasteiger partial charge is 0.357 e. The highest BCUT2D eigenvalue weighted by atomic mass is 15.1. The molecular formula is C23H33N5. The smallest absolute Gasteiger partial charge is 0.222 e. The summed E-state index contributed by atoms with van der Waals surface area (Å²) in [7, 11) is 3.89. The molecule has 1 saturated heterocycles. The summed E-state index contributed by atoms with van der Waals surface area (Å²) < 4.78 is 0. The van der Waals surface area contributed by atoms with E-state index in [1.807, 2.05) is 13.2 Å². The number of hydrogen-bond donors (Lipinski definition) is 2. The Morgan fingerprint density at radius 2 is 2.11 bits per heavy atom. The molecule has 0 bridgehead atoms. The normalized spacial score (nSPS) is 14.8. The first-order valence-electron chi connectivity index (χ1n) is 9.97. The summed E-state index contributed by atoms with van der Waals surface area (Å²) in [6, 6.07) is 6.27. The topological polar surface area (TPSA) is 53.1 Å². The Bertz CT molecular complexity index is 834. The maximum absolute atomic E-state index is 4.51. The van der Waals surface area contributed by atoms with Gasteiger partial charge < -0.3 is 15.5 Å².